The van der Waals surface area contributed by atoms with E-state index in [1.165, 1.54) is 6.92 Å². The zero-order valence-corrected chi connectivity index (χ0v) is 20.4. The Hall–Kier alpha value is -2.51. The van der Waals surface area contributed by atoms with Crippen LogP contribution in [-0.2, 0) is 14.3 Å². The molecule has 0 radical (unpaired) electrons. The highest BCUT2D eigenvalue weighted by Crippen LogP contribution is 2.46. The van der Waals surface area contributed by atoms with Crippen molar-refractivity contribution in [2.75, 3.05) is 32.1 Å². The van der Waals surface area contributed by atoms with Crippen LogP contribution in [0.15, 0.2) is 53.4 Å². The standard InChI is InChI=1S/C25H32N2O4S/c1-17(28)31-22-23(18-11-13-19(30-6)14-12-18)32-21-10-8-7-9-20(21)27(24(22)29)16-15-26(5)25(2,3)4/h7-14,22-23H,15-16H2,1-6H3/t22-,23+/m0/s1. The van der Waals surface area contributed by atoms with Gasteiger partial charge in [0.1, 0.15) is 5.75 Å². The van der Waals surface area contributed by atoms with Crippen molar-refractivity contribution in [1.82, 2.24) is 4.90 Å². The van der Waals surface area contributed by atoms with E-state index in [0.717, 1.165) is 21.9 Å². The smallest absolute Gasteiger partial charge is 0.303 e. The van der Waals surface area contributed by atoms with Crippen LogP contribution in [0.4, 0.5) is 5.69 Å². The molecule has 2 aromatic rings. The summed E-state index contributed by atoms with van der Waals surface area (Å²) in [4.78, 5) is 30.8. The molecule has 0 aliphatic carbocycles. The van der Waals surface area contributed by atoms with Gasteiger partial charge in [-0.3, -0.25) is 14.5 Å². The number of methoxy groups -OCH3 is 1. The molecule has 1 amide bonds. The first kappa shape index (κ1) is 24.1. The van der Waals surface area contributed by atoms with E-state index in [1.54, 1.807) is 23.8 Å². The number of fused-ring (bicyclic) bond motifs is 1. The lowest BCUT2D eigenvalue weighted by atomic mass is 10.0. The summed E-state index contributed by atoms with van der Waals surface area (Å²) in [7, 11) is 3.66. The van der Waals surface area contributed by atoms with E-state index in [1.807, 2.05) is 55.6 Å². The van der Waals surface area contributed by atoms with Gasteiger partial charge in [-0.25, -0.2) is 0 Å². The monoisotopic (exact) mass is 456 g/mol. The number of anilines is 1. The number of benzene rings is 2. The summed E-state index contributed by atoms with van der Waals surface area (Å²) in [6.45, 7) is 8.96. The number of hydrogen-bond donors (Lipinski definition) is 0. The number of para-hydroxylation sites is 1. The van der Waals surface area contributed by atoms with E-state index < -0.39 is 12.1 Å². The van der Waals surface area contributed by atoms with Gasteiger partial charge in [0.2, 0.25) is 0 Å². The van der Waals surface area contributed by atoms with Gasteiger partial charge >= 0.3 is 5.97 Å². The summed E-state index contributed by atoms with van der Waals surface area (Å²) in [5.74, 6) is 0.0518. The van der Waals surface area contributed by atoms with E-state index >= 15 is 0 Å². The molecule has 0 aromatic heterocycles. The Morgan fingerprint density at radius 3 is 2.38 bits per heavy atom. The largest absolute Gasteiger partial charge is 0.497 e. The quantitative estimate of drug-likeness (QED) is 0.595. The van der Waals surface area contributed by atoms with Crippen molar-refractivity contribution in [2.24, 2.45) is 0 Å². The highest BCUT2D eigenvalue weighted by atomic mass is 32.2. The molecule has 0 fully saturated rings. The average Bonchev–Trinajstić information content (AvgIpc) is 2.86. The highest BCUT2D eigenvalue weighted by Gasteiger charge is 2.40. The number of carbonyl (C=O) groups is 2. The van der Waals surface area contributed by atoms with E-state index in [0.29, 0.717) is 13.1 Å². The summed E-state index contributed by atoms with van der Waals surface area (Å²) in [6, 6.07) is 15.4. The maximum Gasteiger partial charge on any atom is 0.303 e. The minimum Gasteiger partial charge on any atom is -0.497 e. The molecule has 0 unspecified atom stereocenters. The molecule has 3 rings (SSSR count). The lowest BCUT2D eigenvalue weighted by Crippen LogP contribution is -2.48. The lowest BCUT2D eigenvalue weighted by Gasteiger charge is -2.34. The van der Waals surface area contributed by atoms with Crippen LogP contribution in [0.3, 0.4) is 0 Å². The fraction of sp³-hybridized carbons (Fsp3) is 0.440. The van der Waals surface area contributed by atoms with Crippen LogP contribution >= 0.6 is 11.8 Å². The van der Waals surface area contributed by atoms with Crippen LogP contribution in [0.25, 0.3) is 0 Å². The molecule has 1 aliphatic heterocycles. The fourth-order valence-electron chi connectivity index (χ4n) is 3.52. The molecule has 32 heavy (non-hydrogen) atoms. The highest BCUT2D eigenvalue weighted by molar-refractivity contribution is 7.99. The Labute approximate surface area is 194 Å². The molecular formula is C25H32N2O4S. The van der Waals surface area contributed by atoms with E-state index in [2.05, 4.69) is 25.7 Å². The lowest BCUT2D eigenvalue weighted by molar-refractivity contribution is -0.152. The van der Waals surface area contributed by atoms with Crippen molar-refractivity contribution < 1.29 is 19.1 Å². The van der Waals surface area contributed by atoms with Gasteiger partial charge in [0.25, 0.3) is 5.91 Å². The van der Waals surface area contributed by atoms with Gasteiger partial charge in [-0.1, -0.05) is 24.3 Å². The molecule has 2 aromatic carbocycles. The molecule has 0 spiro atoms. The number of amides is 1. The molecule has 0 N–H and O–H groups in total. The molecule has 1 heterocycles. The summed E-state index contributed by atoms with van der Waals surface area (Å²) in [5.41, 5.74) is 1.72. The number of esters is 1. The maximum absolute atomic E-state index is 13.8. The number of hydrogen-bond acceptors (Lipinski definition) is 6. The first-order chi connectivity index (χ1) is 15.1. The number of thioether (sulfide) groups is 1. The molecule has 0 saturated carbocycles. The molecule has 7 heteroatoms. The molecule has 172 valence electrons. The zero-order chi connectivity index (χ0) is 23.5. The predicted molar refractivity (Wildman–Crippen MR) is 128 cm³/mol. The minimum atomic E-state index is -0.932. The second kappa shape index (κ2) is 9.96. The topological polar surface area (TPSA) is 59.1 Å². The Morgan fingerprint density at radius 2 is 1.78 bits per heavy atom. The molecule has 2 atom stereocenters. The molecular weight excluding hydrogens is 424 g/mol. The van der Waals surface area contributed by atoms with Crippen LogP contribution in [-0.4, -0.2) is 55.7 Å². The normalized spacial score (nSPS) is 18.8. The third-order valence-corrected chi connectivity index (χ3v) is 7.11. The molecule has 1 aliphatic rings. The van der Waals surface area contributed by atoms with Crippen molar-refractivity contribution in [1.29, 1.82) is 0 Å². The van der Waals surface area contributed by atoms with Gasteiger partial charge < -0.3 is 14.4 Å². The van der Waals surface area contributed by atoms with Crippen molar-refractivity contribution in [3.05, 3.63) is 54.1 Å². The Morgan fingerprint density at radius 1 is 1.12 bits per heavy atom. The average molecular weight is 457 g/mol. The van der Waals surface area contributed by atoms with Crippen molar-refractivity contribution in [2.45, 2.75) is 49.5 Å². The number of carbonyl (C=O) groups excluding carboxylic acids is 2. The van der Waals surface area contributed by atoms with Crippen LogP contribution in [0.5, 0.6) is 5.75 Å². The Balaban J connectivity index is 2.02. The third kappa shape index (κ3) is 5.45. The van der Waals surface area contributed by atoms with Crippen molar-refractivity contribution >= 4 is 29.3 Å². The number of nitrogens with zero attached hydrogens (tertiary/aromatic N) is 2. The van der Waals surface area contributed by atoms with Crippen LogP contribution in [0, 0.1) is 0 Å². The first-order valence-corrected chi connectivity index (χ1v) is 11.6. The van der Waals surface area contributed by atoms with Gasteiger partial charge in [0.15, 0.2) is 6.10 Å². The fourth-order valence-corrected chi connectivity index (χ4v) is 4.84. The second-order valence-corrected chi connectivity index (χ2v) is 10.1. The van der Waals surface area contributed by atoms with Gasteiger partial charge in [-0.15, -0.1) is 11.8 Å². The van der Waals surface area contributed by atoms with Crippen LogP contribution in [0.2, 0.25) is 0 Å². The van der Waals surface area contributed by atoms with Crippen molar-refractivity contribution in [3.63, 3.8) is 0 Å². The summed E-state index contributed by atoms with van der Waals surface area (Å²) >= 11 is 1.55. The van der Waals surface area contributed by atoms with E-state index in [4.69, 9.17) is 9.47 Å². The Bertz CT molecular complexity index is 955. The van der Waals surface area contributed by atoms with Gasteiger partial charge in [-0.2, -0.15) is 0 Å². The third-order valence-electron chi connectivity index (χ3n) is 5.74. The van der Waals surface area contributed by atoms with E-state index in [-0.39, 0.29) is 16.7 Å². The van der Waals surface area contributed by atoms with Gasteiger partial charge in [0, 0.05) is 30.4 Å². The van der Waals surface area contributed by atoms with Crippen LogP contribution < -0.4 is 9.64 Å². The summed E-state index contributed by atoms with van der Waals surface area (Å²) < 4.78 is 10.9. The van der Waals surface area contributed by atoms with Gasteiger partial charge in [-0.05, 0) is 57.6 Å². The molecule has 6 nitrogen and oxygen atoms in total. The van der Waals surface area contributed by atoms with Gasteiger partial charge in [0.05, 0.1) is 18.0 Å². The summed E-state index contributed by atoms with van der Waals surface area (Å²) in [6.07, 6.45) is -0.932. The predicted octanol–water partition coefficient (Wildman–Crippen LogP) is 4.54. The van der Waals surface area contributed by atoms with E-state index in [9.17, 15) is 9.59 Å². The Kier molecular flexibility index (Phi) is 7.51. The minimum absolute atomic E-state index is 0.0237. The number of likely N-dealkylation sites (N-methyl/N-ethyl adjacent to an activating group) is 1. The zero-order valence-electron chi connectivity index (χ0n) is 19.6. The summed E-state index contributed by atoms with van der Waals surface area (Å²) in [5, 5.41) is -0.371. The first-order valence-electron chi connectivity index (χ1n) is 10.7. The number of rotatable bonds is 6. The second-order valence-electron chi connectivity index (χ2n) is 8.89. The number of ether oxygens (including phenoxy) is 2. The van der Waals surface area contributed by atoms with Crippen LogP contribution in [0.1, 0.15) is 38.5 Å². The van der Waals surface area contributed by atoms with Crippen molar-refractivity contribution in [3.8, 4) is 5.75 Å². The maximum atomic E-state index is 13.8. The molecule has 0 saturated heterocycles. The SMILES string of the molecule is COc1ccc([C@H]2Sc3ccccc3N(CCN(C)C(C)(C)C)C(=O)[C@H]2OC(C)=O)cc1. The molecule has 0 bridgehead atoms.